The number of nitrogens with zero attached hydrogens (tertiary/aromatic N) is 7. The van der Waals surface area contributed by atoms with Gasteiger partial charge in [-0.15, -0.1) is 5.10 Å². The molecule has 6 aromatic rings. The number of para-hydroxylation sites is 1. The molecule has 10 nitrogen and oxygen atoms in total. The molecular formula is C40H42N8O2. The second-order valence-electron chi connectivity index (χ2n) is 14.2. The number of amides is 2. The lowest BCUT2D eigenvalue weighted by atomic mass is 9.87. The molecule has 1 aliphatic rings. The van der Waals surface area contributed by atoms with E-state index in [1.165, 1.54) is 0 Å². The third-order valence-corrected chi connectivity index (χ3v) is 9.79. The first-order valence-corrected chi connectivity index (χ1v) is 17.1. The lowest BCUT2D eigenvalue weighted by Crippen LogP contribution is -2.53. The Balaban J connectivity index is 1.18. The van der Waals surface area contributed by atoms with E-state index < -0.39 is 0 Å². The van der Waals surface area contributed by atoms with Crippen LogP contribution in [0.3, 0.4) is 0 Å². The SMILES string of the molecule is Cc1ccc(-c2cc(C(=O)N3CC(n4cc(-c5ccc(C)c(C(=O)Nc6ccccc6)c5)nn4)CCC3(C)C)c3cnn(C(C)C)c3n2)cc1. The van der Waals surface area contributed by atoms with Crippen LogP contribution in [0.5, 0.6) is 0 Å². The van der Waals surface area contributed by atoms with Crippen molar-refractivity contribution in [2.24, 2.45) is 0 Å². The number of piperidine rings is 1. The van der Waals surface area contributed by atoms with E-state index in [1.807, 2.05) is 94.1 Å². The molecule has 1 saturated heterocycles. The van der Waals surface area contributed by atoms with Crippen LogP contribution in [0.25, 0.3) is 33.5 Å². The van der Waals surface area contributed by atoms with Crippen molar-refractivity contribution in [2.45, 2.75) is 72.0 Å². The fourth-order valence-corrected chi connectivity index (χ4v) is 6.70. The highest BCUT2D eigenvalue weighted by molar-refractivity contribution is 6.07. The van der Waals surface area contributed by atoms with Gasteiger partial charge in [-0.3, -0.25) is 9.59 Å². The molecule has 3 aromatic carbocycles. The largest absolute Gasteiger partial charge is 0.331 e. The number of hydrogen-bond donors (Lipinski definition) is 1. The summed E-state index contributed by atoms with van der Waals surface area (Å²) in [7, 11) is 0. The first-order chi connectivity index (χ1) is 24.0. The zero-order chi connectivity index (χ0) is 35.2. The molecule has 7 rings (SSSR count). The molecule has 0 saturated carbocycles. The quantitative estimate of drug-likeness (QED) is 0.185. The Hall–Kier alpha value is -5.64. The molecule has 0 aliphatic carbocycles. The third-order valence-electron chi connectivity index (χ3n) is 9.79. The second-order valence-corrected chi connectivity index (χ2v) is 14.2. The van der Waals surface area contributed by atoms with Gasteiger partial charge in [0.25, 0.3) is 11.8 Å². The normalized spacial score (nSPS) is 15.8. The average molecular weight is 667 g/mol. The number of hydrogen-bond acceptors (Lipinski definition) is 6. The Kier molecular flexibility index (Phi) is 8.55. The highest BCUT2D eigenvalue weighted by Crippen LogP contribution is 2.36. The molecule has 1 fully saturated rings. The summed E-state index contributed by atoms with van der Waals surface area (Å²) in [6.07, 6.45) is 5.31. The van der Waals surface area contributed by atoms with Crippen LogP contribution in [0.1, 0.15) is 84.5 Å². The second kappa shape index (κ2) is 13.0. The molecule has 0 spiro atoms. The Labute approximate surface area is 292 Å². The molecule has 0 radical (unpaired) electrons. The number of aryl methyl sites for hydroxylation is 2. The van der Waals surface area contributed by atoms with E-state index in [1.54, 1.807) is 6.20 Å². The molecule has 2 amide bonds. The van der Waals surface area contributed by atoms with E-state index in [4.69, 9.17) is 4.98 Å². The highest BCUT2D eigenvalue weighted by Gasteiger charge is 2.39. The van der Waals surface area contributed by atoms with Crippen LogP contribution in [0, 0.1) is 13.8 Å². The first-order valence-electron chi connectivity index (χ1n) is 17.1. The molecule has 10 heteroatoms. The molecular weight excluding hydrogens is 624 g/mol. The number of nitrogens with one attached hydrogen (secondary N) is 1. The van der Waals surface area contributed by atoms with Gasteiger partial charge >= 0.3 is 0 Å². The number of carbonyl (C=O) groups is 2. The summed E-state index contributed by atoms with van der Waals surface area (Å²) in [6.45, 7) is 12.8. The highest BCUT2D eigenvalue weighted by atomic mass is 16.2. The van der Waals surface area contributed by atoms with E-state index in [0.717, 1.165) is 51.9 Å². The Morgan fingerprint density at radius 1 is 0.900 bits per heavy atom. The van der Waals surface area contributed by atoms with E-state index in [-0.39, 0.29) is 29.4 Å². The number of rotatable bonds is 7. The van der Waals surface area contributed by atoms with Crippen molar-refractivity contribution < 1.29 is 9.59 Å². The summed E-state index contributed by atoms with van der Waals surface area (Å²) in [4.78, 5) is 34.8. The van der Waals surface area contributed by atoms with Crippen molar-refractivity contribution in [1.29, 1.82) is 0 Å². The van der Waals surface area contributed by atoms with Crippen molar-refractivity contribution in [3.05, 3.63) is 114 Å². The maximum absolute atomic E-state index is 14.7. The Bertz CT molecular complexity index is 2200. The molecule has 1 aliphatic heterocycles. The minimum Gasteiger partial charge on any atom is -0.331 e. The molecule has 0 bridgehead atoms. The number of aromatic nitrogens is 6. The molecule has 1 atom stereocenters. The number of fused-ring (bicyclic) bond motifs is 1. The van der Waals surface area contributed by atoms with Gasteiger partial charge in [-0.25, -0.2) is 14.3 Å². The third kappa shape index (κ3) is 6.29. The lowest BCUT2D eigenvalue weighted by Gasteiger charge is -2.45. The number of pyridine rings is 1. The predicted molar refractivity (Wildman–Crippen MR) is 196 cm³/mol. The maximum atomic E-state index is 14.7. The smallest absolute Gasteiger partial charge is 0.255 e. The zero-order valence-electron chi connectivity index (χ0n) is 29.4. The van der Waals surface area contributed by atoms with Crippen LogP contribution in [0.15, 0.2) is 91.3 Å². The lowest BCUT2D eigenvalue weighted by molar-refractivity contribution is 0.0310. The van der Waals surface area contributed by atoms with Gasteiger partial charge in [-0.2, -0.15) is 5.10 Å². The van der Waals surface area contributed by atoms with Gasteiger partial charge in [0.1, 0.15) is 5.69 Å². The van der Waals surface area contributed by atoms with Crippen molar-refractivity contribution >= 4 is 28.5 Å². The van der Waals surface area contributed by atoms with Crippen molar-refractivity contribution in [2.75, 3.05) is 11.9 Å². The summed E-state index contributed by atoms with van der Waals surface area (Å²) in [6, 6.07) is 25.3. The molecule has 254 valence electrons. The van der Waals surface area contributed by atoms with Crippen molar-refractivity contribution in [3.8, 4) is 22.5 Å². The van der Waals surface area contributed by atoms with Crippen LogP contribution in [0.2, 0.25) is 0 Å². The number of anilines is 1. The van der Waals surface area contributed by atoms with Gasteiger partial charge in [0.05, 0.1) is 35.1 Å². The number of carbonyl (C=O) groups excluding carboxylic acids is 2. The zero-order valence-corrected chi connectivity index (χ0v) is 29.4. The standard InChI is InChI=1S/C40H42N8O2/c1-25(2)48-37-34(22-41-48)33(21-35(43-37)28-15-12-26(3)13-16-28)39(50)46-23-31(18-19-40(46,5)6)47-24-36(44-45-47)29-17-14-27(4)32(20-29)38(49)42-30-10-8-7-9-11-30/h7-17,20-22,24-25,31H,18-19,23H2,1-6H3,(H,42,49). The van der Waals surface area contributed by atoms with Gasteiger partial charge in [0.15, 0.2) is 5.65 Å². The summed E-state index contributed by atoms with van der Waals surface area (Å²) in [5, 5.41) is 17.4. The van der Waals surface area contributed by atoms with E-state index in [2.05, 4.69) is 67.5 Å². The summed E-state index contributed by atoms with van der Waals surface area (Å²) in [5.74, 6) is -0.238. The van der Waals surface area contributed by atoms with Crippen LogP contribution in [-0.2, 0) is 0 Å². The van der Waals surface area contributed by atoms with Crippen LogP contribution >= 0.6 is 0 Å². The maximum Gasteiger partial charge on any atom is 0.255 e. The van der Waals surface area contributed by atoms with E-state index >= 15 is 0 Å². The van der Waals surface area contributed by atoms with E-state index in [9.17, 15) is 9.59 Å². The molecule has 50 heavy (non-hydrogen) atoms. The summed E-state index contributed by atoms with van der Waals surface area (Å²) < 4.78 is 3.75. The van der Waals surface area contributed by atoms with Crippen LogP contribution in [-0.4, -0.2) is 58.6 Å². The van der Waals surface area contributed by atoms with Crippen LogP contribution in [0.4, 0.5) is 5.69 Å². The van der Waals surface area contributed by atoms with Gasteiger partial charge in [-0.05, 0) is 84.2 Å². The monoisotopic (exact) mass is 666 g/mol. The topological polar surface area (TPSA) is 111 Å². The van der Waals surface area contributed by atoms with Gasteiger partial charge in [0.2, 0.25) is 0 Å². The van der Waals surface area contributed by atoms with Crippen molar-refractivity contribution in [3.63, 3.8) is 0 Å². The summed E-state index contributed by atoms with van der Waals surface area (Å²) >= 11 is 0. The average Bonchev–Trinajstić information content (AvgIpc) is 3.77. The number of benzene rings is 3. The molecule has 3 aromatic heterocycles. The number of likely N-dealkylation sites (tertiary alicyclic amines) is 1. The minimum atomic E-state index is -0.386. The predicted octanol–water partition coefficient (Wildman–Crippen LogP) is 8.06. The van der Waals surface area contributed by atoms with Gasteiger partial charge in [0, 0.05) is 40.5 Å². The first kappa shape index (κ1) is 32.9. The Morgan fingerprint density at radius 2 is 1.64 bits per heavy atom. The minimum absolute atomic E-state index is 0.0586. The fraction of sp³-hybridized carbons (Fsp3) is 0.300. The molecule has 1 N–H and O–H groups in total. The van der Waals surface area contributed by atoms with Gasteiger partial charge < -0.3 is 10.2 Å². The van der Waals surface area contributed by atoms with Crippen molar-refractivity contribution in [1.82, 2.24) is 34.7 Å². The fourth-order valence-electron chi connectivity index (χ4n) is 6.70. The molecule has 4 heterocycles. The van der Waals surface area contributed by atoms with Gasteiger partial charge in [-0.1, -0.05) is 65.4 Å². The Morgan fingerprint density at radius 3 is 2.38 bits per heavy atom. The van der Waals surface area contributed by atoms with Crippen LogP contribution < -0.4 is 5.32 Å². The molecule has 1 unspecified atom stereocenters. The summed E-state index contributed by atoms with van der Waals surface area (Å²) in [5.41, 5.74) is 7.40. The van der Waals surface area contributed by atoms with E-state index in [0.29, 0.717) is 29.0 Å².